The highest BCUT2D eigenvalue weighted by Crippen LogP contribution is 2.14. The molecule has 2 aromatic rings. The van der Waals surface area contributed by atoms with E-state index >= 15 is 0 Å². The van der Waals surface area contributed by atoms with E-state index in [1.807, 2.05) is 0 Å². The molecule has 0 aliphatic carbocycles. The fraction of sp³-hybridized carbons (Fsp3) is 0.316. The second-order valence-corrected chi connectivity index (χ2v) is 5.92. The molecule has 1 unspecified atom stereocenters. The first-order chi connectivity index (χ1) is 12.9. The van der Waals surface area contributed by atoms with Crippen molar-refractivity contribution in [2.24, 2.45) is 0 Å². The first-order valence-corrected chi connectivity index (χ1v) is 8.45. The number of carbonyl (C=O) groups is 3. The zero-order valence-electron chi connectivity index (χ0n) is 15.1. The molecule has 2 N–H and O–H groups in total. The topological polar surface area (TPSA) is 97.6 Å². The van der Waals surface area contributed by atoms with Gasteiger partial charge in [-0.15, -0.1) is 0 Å². The number of ether oxygens (including phenoxy) is 1. The number of halogens is 1. The number of furan rings is 1. The predicted octanol–water partition coefficient (Wildman–Crippen LogP) is 2.81. The molecule has 2 rings (SSSR count). The molecule has 144 valence electrons. The molecular formula is C19H21FN2O5. The number of hydrogen-bond donors (Lipinski definition) is 2. The normalized spacial score (nSPS) is 11.5. The summed E-state index contributed by atoms with van der Waals surface area (Å²) in [4.78, 5) is 35.4. The van der Waals surface area contributed by atoms with Gasteiger partial charge in [0.25, 0.3) is 11.8 Å². The average Bonchev–Trinajstić information content (AvgIpc) is 3.16. The maximum atomic E-state index is 13.5. The van der Waals surface area contributed by atoms with Crippen LogP contribution in [0.1, 0.15) is 35.9 Å². The lowest BCUT2D eigenvalue weighted by Gasteiger charge is -2.14. The molecular weight excluding hydrogens is 355 g/mol. The van der Waals surface area contributed by atoms with E-state index in [-0.39, 0.29) is 30.3 Å². The minimum atomic E-state index is -1.03. The van der Waals surface area contributed by atoms with Crippen LogP contribution < -0.4 is 10.6 Å². The number of hydrogen-bond acceptors (Lipinski definition) is 5. The maximum absolute atomic E-state index is 13.5. The van der Waals surface area contributed by atoms with Crippen molar-refractivity contribution < 1.29 is 27.9 Å². The summed E-state index contributed by atoms with van der Waals surface area (Å²) in [7, 11) is 0. The van der Waals surface area contributed by atoms with Crippen molar-refractivity contribution in [3.63, 3.8) is 0 Å². The van der Waals surface area contributed by atoms with Gasteiger partial charge in [0, 0.05) is 18.7 Å². The summed E-state index contributed by atoms with van der Waals surface area (Å²) < 4.78 is 23.5. The van der Waals surface area contributed by atoms with E-state index in [1.165, 1.54) is 25.3 Å². The van der Waals surface area contributed by atoms with E-state index in [4.69, 9.17) is 9.15 Å². The van der Waals surface area contributed by atoms with E-state index in [2.05, 4.69) is 10.6 Å². The zero-order chi connectivity index (χ0) is 19.8. The Hall–Kier alpha value is -3.16. The van der Waals surface area contributed by atoms with Gasteiger partial charge < -0.3 is 19.8 Å². The third kappa shape index (κ3) is 6.25. The predicted molar refractivity (Wildman–Crippen MR) is 95.6 cm³/mol. The Bertz CT molecular complexity index is 804. The fourth-order valence-electron chi connectivity index (χ4n) is 2.15. The van der Waals surface area contributed by atoms with Gasteiger partial charge in [0.15, 0.2) is 11.9 Å². The van der Waals surface area contributed by atoms with Crippen LogP contribution in [0.15, 0.2) is 41.0 Å². The molecule has 1 aromatic carbocycles. The van der Waals surface area contributed by atoms with Crippen LogP contribution in [0.25, 0.3) is 0 Å². The van der Waals surface area contributed by atoms with E-state index in [0.29, 0.717) is 12.0 Å². The summed E-state index contributed by atoms with van der Waals surface area (Å²) in [6, 6.07) is 7.43. The molecule has 0 radical (unpaired) electrons. The number of anilines is 1. The first-order valence-electron chi connectivity index (χ1n) is 8.45. The van der Waals surface area contributed by atoms with Gasteiger partial charge >= 0.3 is 5.97 Å². The Morgan fingerprint density at radius 2 is 2.04 bits per heavy atom. The minimum Gasteiger partial charge on any atom is -0.459 e. The van der Waals surface area contributed by atoms with Gasteiger partial charge in [-0.25, -0.2) is 4.39 Å². The van der Waals surface area contributed by atoms with Crippen molar-refractivity contribution in [1.82, 2.24) is 5.32 Å². The lowest BCUT2D eigenvalue weighted by atomic mass is 10.2. The number of amides is 2. The Morgan fingerprint density at radius 3 is 2.70 bits per heavy atom. The fourth-order valence-corrected chi connectivity index (χ4v) is 2.15. The van der Waals surface area contributed by atoms with Crippen molar-refractivity contribution in [3.8, 4) is 0 Å². The lowest BCUT2D eigenvalue weighted by Crippen LogP contribution is -2.30. The van der Waals surface area contributed by atoms with Crippen LogP contribution in [-0.4, -0.2) is 30.4 Å². The zero-order valence-corrected chi connectivity index (χ0v) is 15.1. The summed E-state index contributed by atoms with van der Waals surface area (Å²) in [5.74, 6) is -1.74. The molecule has 0 saturated heterocycles. The molecule has 1 heterocycles. The molecule has 0 aliphatic heterocycles. The van der Waals surface area contributed by atoms with Gasteiger partial charge in [0.1, 0.15) is 5.82 Å². The minimum absolute atomic E-state index is 0.0369. The lowest BCUT2D eigenvalue weighted by molar-refractivity contribution is -0.153. The largest absolute Gasteiger partial charge is 0.459 e. The quantitative estimate of drug-likeness (QED) is 0.545. The van der Waals surface area contributed by atoms with Crippen molar-refractivity contribution in [2.75, 3.05) is 11.9 Å². The van der Waals surface area contributed by atoms with Gasteiger partial charge in [-0.05, 0) is 50.1 Å². The van der Waals surface area contributed by atoms with Gasteiger partial charge in [-0.2, -0.15) is 0 Å². The molecule has 0 bridgehead atoms. The third-order valence-corrected chi connectivity index (χ3v) is 3.71. The van der Waals surface area contributed by atoms with Gasteiger partial charge in [0.05, 0.1) is 6.26 Å². The molecule has 1 atom stereocenters. The number of aryl methyl sites for hydroxylation is 1. The smallest absolute Gasteiger partial charge is 0.306 e. The van der Waals surface area contributed by atoms with Crippen LogP contribution in [0.4, 0.5) is 10.1 Å². The van der Waals surface area contributed by atoms with Crippen LogP contribution in [0.3, 0.4) is 0 Å². The summed E-state index contributed by atoms with van der Waals surface area (Å²) in [5, 5.41) is 5.09. The third-order valence-electron chi connectivity index (χ3n) is 3.71. The van der Waals surface area contributed by atoms with Gasteiger partial charge in [-0.1, -0.05) is 6.07 Å². The van der Waals surface area contributed by atoms with Crippen molar-refractivity contribution in [2.45, 2.75) is 32.8 Å². The van der Waals surface area contributed by atoms with E-state index in [0.717, 1.165) is 0 Å². The summed E-state index contributed by atoms with van der Waals surface area (Å²) in [6.45, 7) is 3.30. The Kier molecular flexibility index (Phi) is 7.10. The average molecular weight is 376 g/mol. The summed E-state index contributed by atoms with van der Waals surface area (Å²) in [5.41, 5.74) is 0.748. The standard InChI is InChI=1S/C19H21FN2O5/c1-12-7-8-14(11-15(12)20)22-18(24)13(2)27-17(23)6-3-9-21-19(25)16-5-4-10-26-16/h4-5,7-8,10-11,13H,3,6,9H2,1-2H3,(H,21,25)(H,22,24). The maximum Gasteiger partial charge on any atom is 0.306 e. The second kappa shape index (κ2) is 9.51. The molecule has 7 nitrogen and oxygen atoms in total. The van der Waals surface area contributed by atoms with Crippen LogP contribution in [0.2, 0.25) is 0 Å². The van der Waals surface area contributed by atoms with Crippen LogP contribution in [-0.2, 0) is 14.3 Å². The second-order valence-electron chi connectivity index (χ2n) is 5.92. The first kappa shape index (κ1) is 20.2. The number of carbonyl (C=O) groups excluding carboxylic acids is 3. The van der Waals surface area contributed by atoms with Gasteiger partial charge in [-0.3, -0.25) is 14.4 Å². The highest BCUT2D eigenvalue weighted by atomic mass is 19.1. The van der Waals surface area contributed by atoms with Gasteiger partial charge in [0.2, 0.25) is 0 Å². The molecule has 0 aliphatic rings. The van der Waals surface area contributed by atoms with Crippen LogP contribution in [0, 0.1) is 12.7 Å². The Morgan fingerprint density at radius 1 is 1.26 bits per heavy atom. The monoisotopic (exact) mass is 376 g/mol. The molecule has 0 fully saturated rings. The molecule has 0 spiro atoms. The molecule has 8 heteroatoms. The summed E-state index contributed by atoms with van der Waals surface area (Å²) >= 11 is 0. The van der Waals surface area contributed by atoms with Crippen molar-refractivity contribution >= 4 is 23.5 Å². The highest BCUT2D eigenvalue weighted by Gasteiger charge is 2.18. The van der Waals surface area contributed by atoms with E-state index < -0.39 is 23.8 Å². The molecule has 1 aromatic heterocycles. The number of nitrogens with one attached hydrogen (secondary N) is 2. The molecule has 0 saturated carbocycles. The summed E-state index contributed by atoms with van der Waals surface area (Å²) in [6.07, 6.45) is 0.751. The molecule has 27 heavy (non-hydrogen) atoms. The van der Waals surface area contributed by atoms with Crippen molar-refractivity contribution in [3.05, 3.63) is 53.7 Å². The Balaban J connectivity index is 1.68. The number of benzene rings is 1. The highest BCUT2D eigenvalue weighted by molar-refractivity contribution is 5.95. The number of esters is 1. The Labute approximate surface area is 155 Å². The SMILES string of the molecule is Cc1ccc(NC(=O)C(C)OC(=O)CCCNC(=O)c2ccco2)cc1F. The van der Waals surface area contributed by atoms with E-state index in [9.17, 15) is 18.8 Å². The van der Waals surface area contributed by atoms with Crippen LogP contribution in [0.5, 0.6) is 0 Å². The van der Waals surface area contributed by atoms with Crippen LogP contribution >= 0.6 is 0 Å². The van der Waals surface area contributed by atoms with E-state index in [1.54, 1.807) is 25.1 Å². The molecule has 2 amide bonds. The van der Waals surface area contributed by atoms with Crippen molar-refractivity contribution in [1.29, 1.82) is 0 Å². The number of rotatable bonds is 8.